The van der Waals surface area contributed by atoms with E-state index in [1.807, 2.05) is 49.4 Å². The second-order valence-electron chi connectivity index (χ2n) is 7.36. The predicted molar refractivity (Wildman–Crippen MR) is 121 cm³/mol. The molecule has 1 aliphatic heterocycles. The van der Waals surface area contributed by atoms with Gasteiger partial charge in [0.05, 0.1) is 14.2 Å². The highest BCUT2D eigenvalue weighted by Gasteiger charge is 2.20. The molecule has 2 aromatic carbocycles. The maximum atomic E-state index is 10.5. The van der Waals surface area contributed by atoms with Crippen LogP contribution in [0.15, 0.2) is 48.5 Å². The number of aliphatic hydroxyl groups excluding tert-OH is 1. The molecule has 1 N–H and O–H groups in total. The maximum Gasteiger partial charge on any atom is 0.161 e. The van der Waals surface area contributed by atoms with Gasteiger partial charge in [-0.2, -0.15) is 0 Å². The number of rotatable bonds is 9. The third-order valence-corrected chi connectivity index (χ3v) is 5.26. The molecule has 3 rings (SSSR count). The number of methoxy groups -OCH3 is 2. The highest BCUT2D eigenvalue weighted by molar-refractivity contribution is 5.55. The number of allylic oxidation sites excluding steroid dienone is 1. The predicted octanol–water partition coefficient (Wildman–Crippen LogP) is 3.30. The first-order valence-electron chi connectivity index (χ1n) is 10.4. The molecular weight excluding hydrogens is 380 g/mol. The number of hydrogen-bond donors (Lipinski definition) is 1. The van der Waals surface area contributed by atoms with Crippen molar-refractivity contribution in [3.8, 4) is 17.2 Å². The number of ether oxygens (including phenoxy) is 3. The monoisotopic (exact) mass is 412 g/mol. The fraction of sp³-hybridized carbons (Fsp3) is 0.417. The van der Waals surface area contributed by atoms with E-state index in [1.165, 1.54) is 5.69 Å². The van der Waals surface area contributed by atoms with E-state index in [4.69, 9.17) is 14.2 Å². The SMILES string of the molecule is C/C=C/c1ccc(OC[C@@H](O)CN2CCN(c3ccc(OC)cc3)CC2)c(OC)c1. The molecule has 2 aromatic rings. The van der Waals surface area contributed by atoms with Crippen molar-refractivity contribution >= 4 is 11.8 Å². The Morgan fingerprint density at radius 2 is 1.70 bits per heavy atom. The molecule has 0 amide bonds. The standard InChI is InChI=1S/C24H32N2O4/c1-4-5-19-6-11-23(24(16-19)29-3)30-18-21(27)17-25-12-14-26(15-13-25)20-7-9-22(28-2)10-8-20/h4-11,16,21,27H,12-15,17-18H2,1-3H3/b5-4+/t21-/m0/s1. The molecule has 0 spiro atoms. The van der Waals surface area contributed by atoms with Crippen LogP contribution in [0.3, 0.4) is 0 Å². The van der Waals surface area contributed by atoms with Crippen LogP contribution in [-0.4, -0.2) is 69.7 Å². The van der Waals surface area contributed by atoms with E-state index in [1.54, 1.807) is 14.2 Å². The minimum atomic E-state index is -0.558. The number of hydrogen-bond acceptors (Lipinski definition) is 6. The molecular formula is C24H32N2O4. The summed E-state index contributed by atoms with van der Waals surface area (Å²) in [7, 11) is 3.30. The minimum Gasteiger partial charge on any atom is -0.497 e. The van der Waals surface area contributed by atoms with E-state index < -0.39 is 6.10 Å². The van der Waals surface area contributed by atoms with Crippen LogP contribution in [0, 0.1) is 0 Å². The number of aliphatic hydroxyl groups is 1. The first kappa shape index (κ1) is 22.0. The van der Waals surface area contributed by atoms with Gasteiger partial charge < -0.3 is 24.2 Å². The van der Waals surface area contributed by atoms with Crippen molar-refractivity contribution in [3.63, 3.8) is 0 Å². The Kier molecular flexibility index (Phi) is 7.99. The number of β-amino-alcohol motifs (C(OH)–C–C–N with tert-alkyl or cyclic N) is 1. The van der Waals surface area contributed by atoms with Crippen molar-refractivity contribution in [2.45, 2.75) is 13.0 Å². The van der Waals surface area contributed by atoms with E-state index in [0.717, 1.165) is 37.5 Å². The quantitative estimate of drug-likeness (QED) is 0.682. The third kappa shape index (κ3) is 5.90. The number of benzene rings is 2. The van der Waals surface area contributed by atoms with Crippen LogP contribution in [0.4, 0.5) is 5.69 Å². The van der Waals surface area contributed by atoms with E-state index in [2.05, 4.69) is 21.9 Å². The molecule has 0 aromatic heterocycles. The van der Waals surface area contributed by atoms with E-state index >= 15 is 0 Å². The van der Waals surface area contributed by atoms with Gasteiger partial charge in [0.15, 0.2) is 11.5 Å². The average Bonchev–Trinajstić information content (AvgIpc) is 2.79. The lowest BCUT2D eigenvalue weighted by atomic mass is 10.2. The Hall–Kier alpha value is -2.70. The van der Waals surface area contributed by atoms with Crippen LogP contribution in [0.2, 0.25) is 0 Å². The molecule has 1 saturated heterocycles. The van der Waals surface area contributed by atoms with Gasteiger partial charge in [-0.3, -0.25) is 4.90 Å². The maximum absolute atomic E-state index is 10.5. The van der Waals surface area contributed by atoms with Crippen molar-refractivity contribution in [2.75, 3.05) is 58.5 Å². The van der Waals surface area contributed by atoms with E-state index in [0.29, 0.717) is 18.0 Å². The summed E-state index contributed by atoms with van der Waals surface area (Å²) < 4.78 is 16.5. The lowest BCUT2D eigenvalue weighted by Crippen LogP contribution is -2.49. The summed E-state index contributed by atoms with van der Waals surface area (Å²) >= 11 is 0. The summed E-state index contributed by atoms with van der Waals surface area (Å²) in [6, 6.07) is 13.9. The van der Waals surface area contributed by atoms with Crippen molar-refractivity contribution < 1.29 is 19.3 Å². The van der Waals surface area contributed by atoms with Crippen LogP contribution >= 0.6 is 0 Å². The summed E-state index contributed by atoms with van der Waals surface area (Å²) in [6.45, 7) is 6.48. The minimum absolute atomic E-state index is 0.234. The summed E-state index contributed by atoms with van der Waals surface area (Å²) in [5.41, 5.74) is 2.25. The zero-order valence-corrected chi connectivity index (χ0v) is 18.1. The van der Waals surface area contributed by atoms with Crippen molar-refractivity contribution in [3.05, 3.63) is 54.1 Å². The Balaban J connectivity index is 1.45. The fourth-order valence-corrected chi connectivity index (χ4v) is 3.62. The summed E-state index contributed by atoms with van der Waals surface area (Å²) in [4.78, 5) is 4.64. The van der Waals surface area contributed by atoms with Gasteiger partial charge in [-0.15, -0.1) is 0 Å². The van der Waals surface area contributed by atoms with Gasteiger partial charge in [-0.25, -0.2) is 0 Å². The number of nitrogens with zero attached hydrogens (tertiary/aromatic N) is 2. The number of piperazine rings is 1. The summed E-state index contributed by atoms with van der Waals surface area (Å²) in [5.74, 6) is 2.19. The molecule has 1 heterocycles. The van der Waals surface area contributed by atoms with Gasteiger partial charge in [0, 0.05) is 38.4 Å². The Labute approximate surface area is 179 Å². The number of anilines is 1. The van der Waals surface area contributed by atoms with Gasteiger partial charge in [0.25, 0.3) is 0 Å². The topological polar surface area (TPSA) is 54.4 Å². The zero-order valence-electron chi connectivity index (χ0n) is 18.1. The van der Waals surface area contributed by atoms with Gasteiger partial charge in [0.2, 0.25) is 0 Å². The van der Waals surface area contributed by atoms with Crippen LogP contribution in [0.25, 0.3) is 6.08 Å². The van der Waals surface area contributed by atoms with Crippen LogP contribution in [-0.2, 0) is 0 Å². The molecule has 1 fully saturated rings. The fourth-order valence-electron chi connectivity index (χ4n) is 3.62. The van der Waals surface area contributed by atoms with Crippen molar-refractivity contribution in [1.82, 2.24) is 4.90 Å². The Bertz CT molecular complexity index is 814. The normalized spacial score (nSPS) is 15.9. The van der Waals surface area contributed by atoms with Gasteiger partial charge >= 0.3 is 0 Å². The van der Waals surface area contributed by atoms with Crippen LogP contribution in [0.1, 0.15) is 12.5 Å². The molecule has 1 atom stereocenters. The van der Waals surface area contributed by atoms with E-state index in [9.17, 15) is 5.11 Å². The first-order valence-corrected chi connectivity index (χ1v) is 10.4. The van der Waals surface area contributed by atoms with Crippen LogP contribution in [0.5, 0.6) is 17.2 Å². The first-order chi connectivity index (χ1) is 14.6. The van der Waals surface area contributed by atoms with Crippen molar-refractivity contribution in [2.24, 2.45) is 0 Å². The van der Waals surface area contributed by atoms with Gasteiger partial charge in [-0.1, -0.05) is 18.2 Å². The molecule has 0 bridgehead atoms. The lowest BCUT2D eigenvalue weighted by Gasteiger charge is -2.36. The van der Waals surface area contributed by atoms with Gasteiger partial charge in [0.1, 0.15) is 18.5 Å². The summed E-state index contributed by atoms with van der Waals surface area (Å²) in [5, 5.41) is 10.5. The molecule has 1 aliphatic rings. The summed E-state index contributed by atoms with van der Waals surface area (Å²) in [6.07, 6.45) is 3.43. The molecule has 0 unspecified atom stereocenters. The average molecular weight is 413 g/mol. The molecule has 162 valence electrons. The zero-order chi connectivity index (χ0) is 21.3. The van der Waals surface area contributed by atoms with Crippen LogP contribution < -0.4 is 19.1 Å². The lowest BCUT2D eigenvalue weighted by molar-refractivity contribution is 0.0653. The highest BCUT2D eigenvalue weighted by atomic mass is 16.5. The molecule has 6 heteroatoms. The van der Waals surface area contributed by atoms with Crippen molar-refractivity contribution in [1.29, 1.82) is 0 Å². The molecule has 0 aliphatic carbocycles. The molecule has 6 nitrogen and oxygen atoms in total. The molecule has 30 heavy (non-hydrogen) atoms. The Morgan fingerprint density at radius 1 is 0.967 bits per heavy atom. The Morgan fingerprint density at radius 3 is 2.33 bits per heavy atom. The molecule has 0 radical (unpaired) electrons. The molecule has 0 saturated carbocycles. The third-order valence-electron chi connectivity index (χ3n) is 5.26. The largest absolute Gasteiger partial charge is 0.497 e. The van der Waals surface area contributed by atoms with E-state index in [-0.39, 0.29) is 6.61 Å². The highest BCUT2D eigenvalue weighted by Crippen LogP contribution is 2.28. The van der Waals surface area contributed by atoms with Gasteiger partial charge in [-0.05, 0) is 48.9 Å². The second kappa shape index (κ2) is 10.9. The smallest absolute Gasteiger partial charge is 0.161 e. The second-order valence-corrected chi connectivity index (χ2v) is 7.36.